The van der Waals surface area contributed by atoms with E-state index < -0.39 is 0 Å². The fourth-order valence-electron chi connectivity index (χ4n) is 0.790. The first-order valence-electron chi connectivity index (χ1n) is 3.33. The molecule has 1 rings (SSSR count). The molecular weight excluding hydrogens is 241 g/mol. The molecule has 0 aliphatic heterocycles. The third-order valence-corrected chi connectivity index (χ3v) is 2.66. The summed E-state index contributed by atoms with van der Waals surface area (Å²) in [4.78, 5) is 10.7. The normalized spacial score (nSPS) is 9.58. The van der Waals surface area contributed by atoms with Crippen molar-refractivity contribution in [1.82, 2.24) is 0 Å². The fraction of sp³-hybridized carbons (Fsp3) is 0.125. The average molecular weight is 249 g/mol. The number of rotatable bonds is 1. The van der Waals surface area contributed by atoms with E-state index in [1.807, 2.05) is 0 Å². The van der Waals surface area contributed by atoms with Crippen molar-refractivity contribution in [2.24, 2.45) is 0 Å². The standard InChI is InChI=1S/C8H7BrClNO/c1-5(12)11-7-4-2-3-6(10)8(7)9/h2-4H,1H3,(H,11,12). The van der Waals surface area contributed by atoms with Crippen LogP contribution in [0.1, 0.15) is 6.92 Å². The lowest BCUT2D eigenvalue weighted by molar-refractivity contribution is -0.114. The van der Waals surface area contributed by atoms with Crippen molar-refractivity contribution in [2.45, 2.75) is 6.92 Å². The van der Waals surface area contributed by atoms with Crippen LogP contribution in [0.4, 0.5) is 5.69 Å². The first kappa shape index (κ1) is 9.55. The van der Waals surface area contributed by atoms with Crippen LogP contribution in [-0.4, -0.2) is 5.91 Å². The Labute approximate surface area is 84.0 Å². The summed E-state index contributed by atoms with van der Waals surface area (Å²) in [6.45, 7) is 1.45. The van der Waals surface area contributed by atoms with Gasteiger partial charge in [0, 0.05) is 6.92 Å². The molecular formula is C8H7BrClNO. The molecule has 12 heavy (non-hydrogen) atoms. The molecule has 0 aromatic heterocycles. The van der Waals surface area contributed by atoms with Crippen LogP contribution >= 0.6 is 27.5 Å². The van der Waals surface area contributed by atoms with Crippen LogP contribution in [0.2, 0.25) is 5.02 Å². The zero-order valence-electron chi connectivity index (χ0n) is 6.40. The number of anilines is 1. The number of carbonyl (C=O) groups excluding carboxylic acids is 1. The lowest BCUT2D eigenvalue weighted by Gasteiger charge is -2.05. The summed E-state index contributed by atoms with van der Waals surface area (Å²) in [5.41, 5.74) is 0.690. The van der Waals surface area contributed by atoms with Crippen LogP contribution in [-0.2, 0) is 4.79 Å². The minimum Gasteiger partial charge on any atom is -0.325 e. The monoisotopic (exact) mass is 247 g/mol. The smallest absolute Gasteiger partial charge is 0.221 e. The van der Waals surface area contributed by atoms with Crippen molar-refractivity contribution >= 4 is 39.1 Å². The van der Waals surface area contributed by atoms with Gasteiger partial charge in [0.05, 0.1) is 15.2 Å². The van der Waals surface area contributed by atoms with Gasteiger partial charge in [-0.15, -0.1) is 0 Å². The minimum atomic E-state index is -0.113. The highest BCUT2D eigenvalue weighted by Crippen LogP contribution is 2.29. The van der Waals surface area contributed by atoms with Crippen molar-refractivity contribution in [3.05, 3.63) is 27.7 Å². The zero-order valence-corrected chi connectivity index (χ0v) is 8.74. The lowest BCUT2D eigenvalue weighted by atomic mass is 10.3. The van der Waals surface area contributed by atoms with Gasteiger partial charge in [-0.1, -0.05) is 17.7 Å². The molecule has 0 unspecified atom stereocenters. The van der Waals surface area contributed by atoms with E-state index in [0.717, 1.165) is 0 Å². The highest BCUT2D eigenvalue weighted by molar-refractivity contribution is 9.10. The quantitative estimate of drug-likeness (QED) is 0.813. The van der Waals surface area contributed by atoms with E-state index in [0.29, 0.717) is 15.2 Å². The van der Waals surface area contributed by atoms with Gasteiger partial charge in [0.2, 0.25) is 5.91 Å². The van der Waals surface area contributed by atoms with Crippen molar-refractivity contribution in [1.29, 1.82) is 0 Å². The summed E-state index contributed by atoms with van der Waals surface area (Å²) in [5.74, 6) is -0.113. The molecule has 64 valence electrons. The highest BCUT2D eigenvalue weighted by Gasteiger charge is 2.03. The number of benzene rings is 1. The number of halogens is 2. The van der Waals surface area contributed by atoms with Gasteiger partial charge in [0.15, 0.2) is 0 Å². The largest absolute Gasteiger partial charge is 0.325 e. The van der Waals surface area contributed by atoms with E-state index >= 15 is 0 Å². The molecule has 0 radical (unpaired) electrons. The Balaban J connectivity index is 3.00. The third-order valence-electron chi connectivity index (χ3n) is 1.26. The predicted octanol–water partition coefficient (Wildman–Crippen LogP) is 3.06. The molecule has 0 bridgehead atoms. The number of hydrogen-bond acceptors (Lipinski definition) is 1. The van der Waals surface area contributed by atoms with Crippen LogP contribution in [0.15, 0.2) is 22.7 Å². The first-order chi connectivity index (χ1) is 5.61. The second kappa shape index (κ2) is 3.92. The molecule has 0 saturated heterocycles. The molecule has 1 aromatic carbocycles. The Morgan fingerprint density at radius 1 is 1.58 bits per heavy atom. The van der Waals surface area contributed by atoms with Gasteiger partial charge < -0.3 is 5.32 Å². The Morgan fingerprint density at radius 2 is 2.25 bits per heavy atom. The van der Waals surface area contributed by atoms with Gasteiger partial charge in [0.25, 0.3) is 0 Å². The van der Waals surface area contributed by atoms with Gasteiger partial charge in [-0.2, -0.15) is 0 Å². The number of amides is 1. The lowest BCUT2D eigenvalue weighted by Crippen LogP contribution is -2.06. The van der Waals surface area contributed by atoms with Crippen molar-refractivity contribution in [3.8, 4) is 0 Å². The van der Waals surface area contributed by atoms with Crippen LogP contribution in [0, 0.1) is 0 Å². The zero-order chi connectivity index (χ0) is 9.14. The van der Waals surface area contributed by atoms with Crippen LogP contribution < -0.4 is 5.32 Å². The summed E-state index contributed by atoms with van der Waals surface area (Å²) in [5, 5.41) is 3.23. The molecule has 0 heterocycles. The van der Waals surface area contributed by atoms with Crippen molar-refractivity contribution < 1.29 is 4.79 Å². The topological polar surface area (TPSA) is 29.1 Å². The molecule has 0 spiro atoms. The van der Waals surface area contributed by atoms with Crippen LogP contribution in [0.3, 0.4) is 0 Å². The molecule has 0 aliphatic carbocycles. The molecule has 1 N–H and O–H groups in total. The molecule has 0 saturated carbocycles. The van der Waals surface area contributed by atoms with E-state index in [4.69, 9.17) is 11.6 Å². The van der Waals surface area contributed by atoms with E-state index in [1.54, 1.807) is 18.2 Å². The molecule has 1 amide bonds. The average Bonchev–Trinajstić information content (AvgIpc) is 1.98. The maximum absolute atomic E-state index is 10.7. The number of carbonyl (C=O) groups is 1. The van der Waals surface area contributed by atoms with Gasteiger partial charge in [-0.25, -0.2) is 0 Å². The van der Waals surface area contributed by atoms with Gasteiger partial charge in [0.1, 0.15) is 0 Å². The Kier molecular flexibility index (Phi) is 3.12. The second-order valence-corrected chi connectivity index (χ2v) is 3.48. The first-order valence-corrected chi connectivity index (χ1v) is 4.50. The fourth-order valence-corrected chi connectivity index (χ4v) is 1.33. The maximum atomic E-state index is 10.7. The van der Waals surface area contributed by atoms with Crippen molar-refractivity contribution in [2.75, 3.05) is 5.32 Å². The molecule has 4 heteroatoms. The predicted molar refractivity (Wildman–Crippen MR) is 53.5 cm³/mol. The molecule has 0 atom stereocenters. The maximum Gasteiger partial charge on any atom is 0.221 e. The van der Waals surface area contributed by atoms with Crippen LogP contribution in [0.25, 0.3) is 0 Å². The SMILES string of the molecule is CC(=O)Nc1cccc(Cl)c1Br. The number of hydrogen-bond donors (Lipinski definition) is 1. The summed E-state index contributed by atoms with van der Waals surface area (Å²) in [7, 11) is 0. The minimum absolute atomic E-state index is 0.113. The van der Waals surface area contributed by atoms with E-state index in [2.05, 4.69) is 21.2 Å². The summed E-state index contributed by atoms with van der Waals surface area (Å²) >= 11 is 9.06. The third kappa shape index (κ3) is 2.22. The Hall–Kier alpha value is -0.540. The highest BCUT2D eigenvalue weighted by atomic mass is 79.9. The van der Waals surface area contributed by atoms with Gasteiger partial charge in [-0.3, -0.25) is 4.79 Å². The summed E-state index contributed by atoms with van der Waals surface area (Å²) in [6.07, 6.45) is 0. The van der Waals surface area contributed by atoms with Crippen LogP contribution in [0.5, 0.6) is 0 Å². The second-order valence-electron chi connectivity index (χ2n) is 2.28. The summed E-state index contributed by atoms with van der Waals surface area (Å²) < 4.78 is 0.710. The Bertz CT molecular complexity index is 314. The van der Waals surface area contributed by atoms with Gasteiger partial charge >= 0.3 is 0 Å². The van der Waals surface area contributed by atoms with E-state index in [-0.39, 0.29) is 5.91 Å². The summed E-state index contributed by atoms with van der Waals surface area (Å²) in [6, 6.07) is 5.30. The van der Waals surface area contributed by atoms with Crippen molar-refractivity contribution in [3.63, 3.8) is 0 Å². The van der Waals surface area contributed by atoms with Gasteiger partial charge in [-0.05, 0) is 28.1 Å². The van der Waals surface area contributed by atoms with E-state index in [9.17, 15) is 4.79 Å². The van der Waals surface area contributed by atoms with E-state index in [1.165, 1.54) is 6.92 Å². The number of nitrogens with one attached hydrogen (secondary N) is 1. The molecule has 0 aliphatic rings. The molecule has 1 aromatic rings. The Morgan fingerprint density at radius 3 is 2.83 bits per heavy atom. The molecule has 0 fully saturated rings. The molecule has 2 nitrogen and oxygen atoms in total.